The first-order valence-electron chi connectivity index (χ1n) is 6.42. The summed E-state index contributed by atoms with van der Waals surface area (Å²) in [6, 6.07) is 11.4. The number of para-hydroxylation sites is 1. The van der Waals surface area contributed by atoms with E-state index in [1.54, 1.807) is 43.4 Å². The molecule has 0 aliphatic carbocycles. The predicted octanol–water partition coefficient (Wildman–Crippen LogP) is 4.53. The number of aromatic hydroxyl groups is 1. The van der Waals surface area contributed by atoms with Gasteiger partial charge in [0.1, 0.15) is 5.75 Å². The van der Waals surface area contributed by atoms with Crippen LogP contribution in [0.4, 0.5) is 0 Å². The molecule has 1 amide bonds. The highest BCUT2D eigenvalue weighted by Crippen LogP contribution is 2.30. The van der Waals surface area contributed by atoms with Gasteiger partial charge in [0.15, 0.2) is 0 Å². The van der Waals surface area contributed by atoms with E-state index >= 15 is 0 Å². The Balaban J connectivity index is 2.29. The minimum absolute atomic E-state index is 0.0382. The molecule has 0 saturated heterocycles. The van der Waals surface area contributed by atoms with E-state index < -0.39 is 0 Å². The summed E-state index contributed by atoms with van der Waals surface area (Å²) in [6.45, 7) is 1.87. The fourth-order valence-corrected chi connectivity index (χ4v) is 2.64. The quantitative estimate of drug-likeness (QED) is 0.901. The number of rotatable bonds is 3. The molecule has 0 aliphatic rings. The fraction of sp³-hybridized carbons (Fsp3) is 0.188. The van der Waals surface area contributed by atoms with Crippen molar-refractivity contribution in [2.45, 2.75) is 13.0 Å². The molecule has 1 atom stereocenters. The van der Waals surface area contributed by atoms with Crippen molar-refractivity contribution in [1.29, 1.82) is 0 Å². The van der Waals surface area contributed by atoms with Gasteiger partial charge in [0.05, 0.1) is 11.6 Å². The number of carbonyl (C=O) groups excluding carboxylic acids is 1. The van der Waals surface area contributed by atoms with E-state index in [2.05, 4.69) is 0 Å². The third-order valence-corrected chi connectivity index (χ3v) is 4.01. The Labute approximate surface area is 133 Å². The maximum Gasteiger partial charge on any atom is 0.257 e. The van der Waals surface area contributed by atoms with E-state index in [9.17, 15) is 9.90 Å². The zero-order chi connectivity index (χ0) is 15.6. The van der Waals surface area contributed by atoms with Gasteiger partial charge in [-0.2, -0.15) is 0 Å². The summed E-state index contributed by atoms with van der Waals surface area (Å²) in [7, 11) is 1.67. The zero-order valence-corrected chi connectivity index (χ0v) is 13.2. The Morgan fingerprint density at radius 1 is 1.19 bits per heavy atom. The van der Waals surface area contributed by atoms with E-state index in [0.29, 0.717) is 10.0 Å². The number of amides is 1. The summed E-state index contributed by atoms with van der Waals surface area (Å²) in [6.07, 6.45) is 0. The lowest BCUT2D eigenvalue weighted by atomic mass is 10.1. The lowest BCUT2D eigenvalue weighted by Crippen LogP contribution is -2.29. The Kier molecular flexibility index (Phi) is 4.76. The number of halogens is 2. The molecule has 21 heavy (non-hydrogen) atoms. The maximum absolute atomic E-state index is 12.5. The van der Waals surface area contributed by atoms with Crippen LogP contribution in [0.3, 0.4) is 0 Å². The van der Waals surface area contributed by atoms with Gasteiger partial charge < -0.3 is 10.0 Å². The van der Waals surface area contributed by atoms with Gasteiger partial charge in [-0.1, -0.05) is 41.4 Å². The second kappa shape index (κ2) is 6.37. The van der Waals surface area contributed by atoms with Crippen molar-refractivity contribution in [3.05, 3.63) is 63.6 Å². The lowest BCUT2D eigenvalue weighted by molar-refractivity contribution is 0.0739. The molecular weight excluding hydrogens is 309 g/mol. The average molecular weight is 324 g/mol. The van der Waals surface area contributed by atoms with Crippen molar-refractivity contribution in [3.63, 3.8) is 0 Å². The summed E-state index contributed by atoms with van der Waals surface area (Å²) in [5.41, 5.74) is 1.06. The summed E-state index contributed by atoms with van der Waals surface area (Å²) < 4.78 is 0. The molecule has 0 bridgehead atoms. The number of hydrogen-bond donors (Lipinski definition) is 1. The van der Waals surface area contributed by atoms with E-state index in [1.165, 1.54) is 11.0 Å². The van der Waals surface area contributed by atoms with Crippen LogP contribution >= 0.6 is 23.2 Å². The Hall–Kier alpha value is -1.71. The van der Waals surface area contributed by atoms with Gasteiger partial charge in [-0.05, 0) is 36.8 Å². The largest absolute Gasteiger partial charge is 0.507 e. The van der Waals surface area contributed by atoms with Gasteiger partial charge in [-0.25, -0.2) is 0 Å². The topological polar surface area (TPSA) is 40.5 Å². The van der Waals surface area contributed by atoms with E-state index in [1.807, 2.05) is 6.92 Å². The van der Waals surface area contributed by atoms with Crippen LogP contribution in [0.15, 0.2) is 42.5 Å². The molecule has 2 aromatic rings. The van der Waals surface area contributed by atoms with Gasteiger partial charge in [0, 0.05) is 17.1 Å². The minimum atomic E-state index is -0.272. The molecular formula is C16H15Cl2NO2. The minimum Gasteiger partial charge on any atom is -0.507 e. The highest BCUT2D eigenvalue weighted by molar-refractivity contribution is 6.35. The van der Waals surface area contributed by atoms with E-state index in [4.69, 9.17) is 23.2 Å². The van der Waals surface area contributed by atoms with Crippen molar-refractivity contribution >= 4 is 29.1 Å². The first kappa shape index (κ1) is 15.7. The molecule has 2 aromatic carbocycles. The zero-order valence-electron chi connectivity index (χ0n) is 11.7. The molecule has 5 heteroatoms. The standard InChI is InChI=1S/C16H15Cl2NO2/c1-10(12-8-7-11(17)9-14(12)18)19(2)16(21)13-5-3-4-6-15(13)20/h3-10,20H,1-2H3. The monoisotopic (exact) mass is 323 g/mol. The van der Waals surface area contributed by atoms with Crippen molar-refractivity contribution in [2.75, 3.05) is 7.05 Å². The molecule has 0 saturated carbocycles. The van der Waals surface area contributed by atoms with Gasteiger partial charge in [-0.15, -0.1) is 0 Å². The molecule has 0 aromatic heterocycles. The summed E-state index contributed by atoms with van der Waals surface area (Å²) in [4.78, 5) is 14.0. The van der Waals surface area contributed by atoms with Crippen LogP contribution in [-0.2, 0) is 0 Å². The highest BCUT2D eigenvalue weighted by atomic mass is 35.5. The normalized spacial score (nSPS) is 12.0. The number of phenols is 1. The van der Waals surface area contributed by atoms with Crippen LogP contribution in [-0.4, -0.2) is 23.0 Å². The number of benzene rings is 2. The molecule has 0 aliphatic heterocycles. The molecule has 0 radical (unpaired) electrons. The summed E-state index contributed by atoms with van der Waals surface area (Å²) in [5.74, 6) is -0.310. The Morgan fingerprint density at radius 3 is 2.48 bits per heavy atom. The Bertz CT molecular complexity index is 673. The van der Waals surface area contributed by atoms with Crippen LogP contribution < -0.4 is 0 Å². The average Bonchev–Trinajstić information content (AvgIpc) is 2.45. The van der Waals surface area contributed by atoms with Crippen LogP contribution in [0.5, 0.6) is 5.75 Å². The highest BCUT2D eigenvalue weighted by Gasteiger charge is 2.22. The second-order valence-electron chi connectivity index (χ2n) is 4.78. The maximum atomic E-state index is 12.5. The summed E-state index contributed by atoms with van der Waals surface area (Å²) >= 11 is 12.1. The van der Waals surface area contributed by atoms with Crippen molar-refractivity contribution < 1.29 is 9.90 Å². The smallest absolute Gasteiger partial charge is 0.257 e. The van der Waals surface area contributed by atoms with Crippen LogP contribution in [0.2, 0.25) is 10.0 Å². The lowest BCUT2D eigenvalue weighted by Gasteiger charge is -2.26. The molecule has 0 fully saturated rings. The fourth-order valence-electron chi connectivity index (χ4n) is 2.07. The van der Waals surface area contributed by atoms with Crippen molar-refractivity contribution in [3.8, 4) is 5.75 Å². The third kappa shape index (κ3) is 3.31. The SMILES string of the molecule is CC(c1ccc(Cl)cc1Cl)N(C)C(=O)c1ccccc1O. The first-order valence-corrected chi connectivity index (χ1v) is 7.17. The molecule has 1 unspecified atom stereocenters. The second-order valence-corrected chi connectivity index (χ2v) is 5.62. The van der Waals surface area contributed by atoms with Crippen molar-refractivity contribution in [2.24, 2.45) is 0 Å². The van der Waals surface area contributed by atoms with Crippen molar-refractivity contribution in [1.82, 2.24) is 4.90 Å². The van der Waals surface area contributed by atoms with Crippen LogP contribution in [0.1, 0.15) is 28.9 Å². The number of carbonyl (C=O) groups is 1. The van der Waals surface area contributed by atoms with Crippen LogP contribution in [0.25, 0.3) is 0 Å². The molecule has 0 heterocycles. The number of phenolic OH excluding ortho intramolecular Hbond substituents is 1. The van der Waals surface area contributed by atoms with Gasteiger partial charge in [0.2, 0.25) is 0 Å². The number of nitrogens with zero attached hydrogens (tertiary/aromatic N) is 1. The van der Waals surface area contributed by atoms with Gasteiger partial charge in [-0.3, -0.25) is 4.79 Å². The predicted molar refractivity (Wildman–Crippen MR) is 85.1 cm³/mol. The van der Waals surface area contributed by atoms with Crippen LogP contribution in [0, 0.1) is 0 Å². The molecule has 0 spiro atoms. The molecule has 3 nitrogen and oxygen atoms in total. The Morgan fingerprint density at radius 2 is 1.86 bits per heavy atom. The third-order valence-electron chi connectivity index (χ3n) is 3.45. The van der Waals surface area contributed by atoms with Gasteiger partial charge in [0.25, 0.3) is 5.91 Å². The molecule has 110 valence electrons. The van der Waals surface area contributed by atoms with E-state index in [0.717, 1.165) is 5.56 Å². The van der Waals surface area contributed by atoms with E-state index in [-0.39, 0.29) is 23.3 Å². The number of hydrogen-bond acceptors (Lipinski definition) is 2. The molecule has 2 rings (SSSR count). The molecule has 1 N–H and O–H groups in total. The van der Waals surface area contributed by atoms with Gasteiger partial charge >= 0.3 is 0 Å². The first-order chi connectivity index (χ1) is 9.91. The summed E-state index contributed by atoms with van der Waals surface area (Å²) in [5, 5.41) is 10.8.